The van der Waals surface area contributed by atoms with Gasteiger partial charge in [0, 0.05) is 9.13 Å². The second-order valence-electron chi connectivity index (χ2n) is 6.37. The molecule has 1 aliphatic heterocycles. The van der Waals surface area contributed by atoms with Crippen LogP contribution in [0.3, 0.4) is 0 Å². The van der Waals surface area contributed by atoms with Crippen LogP contribution in [0.25, 0.3) is 6.08 Å². The number of amides is 1. The Balaban J connectivity index is 2.03. The Hall–Kier alpha value is -2.88. The molecule has 0 spiro atoms. The minimum Gasteiger partial charge on any atom is -0.504 e. The molecule has 8 heteroatoms. The molecule has 1 aliphatic rings. The molecule has 1 amide bonds. The largest absolute Gasteiger partial charge is 0.504 e. The van der Waals surface area contributed by atoms with E-state index >= 15 is 0 Å². The van der Waals surface area contributed by atoms with Gasteiger partial charge in [0.1, 0.15) is 0 Å². The first-order valence-corrected chi connectivity index (χ1v) is 9.97. The van der Waals surface area contributed by atoms with Crippen molar-refractivity contribution in [3.05, 3.63) is 56.7 Å². The Morgan fingerprint density at radius 2 is 1.97 bits per heavy atom. The highest BCUT2D eigenvalue weighted by atomic mass is 127. The summed E-state index contributed by atoms with van der Waals surface area (Å²) in [4.78, 5) is 24.1. The first-order valence-electron chi connectivity index (χ1n) is 8.89. The summed E-state index contributed by atoms with van der Waals surface area (Å²) < 4.78 is 6.05. The van der Waals surface area contributed by atoms with Crippen molar-refractivity contribution in [3.8, 4) is 11.5 Å². The summed E-state index contributed by atoms with van der Waals surface area (Å²) >= 11 is 2.11. The molecule has 0 aliphatic carbocycles. The monoisotopic (exact) mass is 506 g/mol. The smallest absolute Gasteiger partial charge is 0.335 e. The standard InChI is InChI=1S/C21H19IN2O5/c1-3-4-17-16(10-13-9-14(22)11-18(29-2)19(13)25)20(26)24(23-17)15-7-5-12(6-8-15)21(27)28/h5-11,25H,3-4H2,1-2H3,(H,27,28)/b16-10+. The molecule has 1 heterocycles. The van der Waals surface area contributed by atoms with E-state index in [1.807, 2.05) is 6.92 Å². The van der Waals surface area contributed by atoms with Crippen molar-refractivity contribution in [1.29, 1.82) is 0 Å². The van der Waals surface area contributed by atoms with Crippen LogP contribution < -0.4 is 9.75 Å². The summed E-state index contributed by atoms with van der Waals surface area (Å²) in [6, 6.07) is 9.40. The van der Waals surface area contributed by atoms with E-state index in [-0.39, 0.29) is 17.2 Å². The van der Waals surface area contributed by atoms with Gasteiger partial charge in [0.25, 0.3) is 5.91 Å². The van der Waals surface area contributed by atoms with Crippen LogP contribution in [0, 0.1) is 3.57 Å². The average molecular weight is 506 g/mol. The number of aromatic hydroxyl groups is 1. The number of nitrogens with zero attached hydrogens (tertiary/aromatic N) is 2. The van der Waals surface area contributed by atoms with Crippen LogP contribution in [0.5, 0.6) is 11.5 Å². The van der Waals surface area contributed by atoms with Gasteiger partial charge in [-0.2, -0.15) is 10.1 Å². The first kappa shape index (κ1) is 20.8. The number of hydrogen-bond acceptors (Lipinski definition) is 5. The number of aromatic carboxylic acids is 1. The molecule has 150 valence electrons. The minimum absolute atomic E-state index is 0.0478. The number of benzene rings is 2. The van der Waals surface area contributed by atoms with Gasteiger partial charge in [-0.3, -0.25) is 4.79 Å². The van der Waals surface area contributed by atoms with Gasteiger partial charge in [-0.1, -0.05) is 13.3 Å². The Kier molecular flexibility index (Phi) is 6.21. The number of phenolic OH excluding ortho intramolecular Hbond substituents is 1. The fourth-order valence-electron chi connectivity index (χ4n) is 2.96. The molecule has 29 heavy (non-hydrogen) atoms. The number of ether oxygens (including phenoxy) is 1. The Morgan fingerprint density at radius 3 is 2.55 bits per heavy atom. The number of carbonyl (C=O) groups excluding carboxylic acids is 1. The molecule has 0 radical (unpaired) electrons. The Morgan fingerprint density at radius 1 is 1.28 bits per heavy atom. The van der Waals surface area contributed by atoms with Gasteiger partial charge in [-0.15, -0.1) is 0 Å². The molecule has 7 nitrogen and oxygen atoms in total. The summed E-state index contributed by atoms with van der Waals surface area (Å²) in [7, 11) is 1.47. The van der Waals surface area contributed by atoms with E-state index in [9.17, 15) is 14.7 Å². The van der Waals surface area contributed by atoms with Crippen molar-refractivity contribution in [2.75, 3.05) is 12.1 Å². The van der Waals surface area contributed by atoms with Crippen LogP contribution in [0.4, 0.5) is 5.69 Å². The molecule has 0 saturated carbocycles. The SMILES string of the molecule is CCCC1=NN(c2ccc(C(=O)O)cc2)C(=O)/C1=C/c1cc(I)cc(OC)c1O. The van der Waals surface area contributed by atoms with Crippen molar-refractivity contribution in [2.24, 2.45) is 5.10 Å². The van der Waals surface area contributed by atoms with Gasteiger partial charge < -0.3 is 14.9 Å². The molecule has 2 aromatic carbocycles. The zero-order chi connectivity index (χ0) is 21.1. The van der Waals surface area contributed by atoms with Crippen LogP contribution in [0.15, 0.2) is 47.1 Å². The predicted molar refractivity (Wildman–Crippen MR) is 119 cm³/mol. The highest BCUT2D eigenvalue weighted by molar-refractivity contribution is 14.1. The fraction of sp³-hybridized carbons (Fsp3) is 0.190. The topological polar surface area (TPSA) is 99.4 Å². The van der Waals surface area contributed by atoms with E-state index in [0.717, 1.165) is 9.99 Å². The Bertz CT molecular complexity index is 1030. The van der Waals surface area contributed by atoms with Gasteiger partial charge in [0.15, 0.2) is 11.5 Å². The summed E-state index contributed by atoms with van der Waals surface area (Å²) in [5.41, 5.74) is 2.06. The van der Waals surface area contributed by atoms with E-state index in [1.165, 1.54) is 24.3 Å². The van der Waals surface area contributed by atoms with Crippen molar-refractivity contribution >= 4 is 51.9 Å². The van der Waals surface area contributed by atoms with Gasteiger partial charge in [-0.25, -0.2) is 4.79 Å². The maximum atomic E-state index is 13.1. The lowest BCUT2D eigenvalue weighted by Gasteiger charge is -2.12. The number of hydrogen-bond donors (Lipinski definition) is 2. The molecule has 0 fully saturated rings. The van der Waals surface area contributed by atoms with Crippen LogP contribution in [0.2, 0.25) is 0 Å². The highest BCUT2D eigenvalue weighted by Gasteiger charge is 2.31. The zero-order valence-corrected chi connectivity index (χ0v) is 18.0. The molecular formula is C21H19IN2O5. The van der Waals surface area contributed by atoms with Crippen LogP contribution in [0.1, 0.15) is 35.7 Å². The highest BCUT2D eigenvalue weighted by Crippen LogP contribution is 2.35. The molecule has 2 aromatic rings. The van der Waals surface area contributed by atoms with E-state index in [2.05, 4.69) is 27.7 Å². The lowest BCUT2D eigenvalue weighted by Crippen LogP contribution is -2.21. The third-order valence-corrected chi connectivity index (χ3v) is 5.01. The maximum Gasteiger partial charge on any atom is 0.335 e. The lowest BCUT2D eigenvalue weighted by molar-refractivity contribution is -0.114. The van der Waals surface area contributed by atoms with Crippen LogP contribution >= 0.6 is 22.6 Å². The van der Waals surface area contributed by atoms with Gasteiger partial charge in [-0.05, 0) is 71.5 Å². The van der Waals surface area contributed by atoms with Gasteiger partial charge in [0.2, 0.25) is 0 Å². The number of carbonyl (C=O) groups is 2. The summed E-state index contributed by atoms with van der Waals surface area (Å²) in [6.45, 7) is 1.99. The molecule has 2 N–H and O–H groups in total. The number of hydrazone groups is 1. The number of anilines is 1. The number of carboxylic acids is 1. The number of halogens is 1. The normalized spacial score (nSPS) is 15.0. The minimum atomic E-state index is -1.04. The van der Waals surface area contributed by atoms with E-state index in [4.69, 9.17) is 9.84 Å². The molecule has 0 unspecified atom stereocenters. The van der Waals surface area contributed by atoms with E-state index in [0.29, 0.717) is 34.7 Å². The van der Waals surface area contributed by atoms with Gasteiger partial charge in [0.05, 0.1) is 29.6 Å². The van der Waals surface area contributed by atoms with Gasteiger partial charge >= 0.3 is 5.97 Å². The van der Waals surface area contributed by atoms with E-state index < -0.39 is 5.97 Å². The first-order chi connectivity index (χ1) is 13.8. The lowest BCUT2D eigenvalue weighted by atomic mass is 10.0. The molecule has 0 saturated heterocycles. The third-order valence-electron chi connectivity index (χ3n) is 4.39. The molecular weight excluding hydrogens is 487 g/mol. The average Bonchev–Trinajstić information content (AvgIpc) is 3.00. The Labute approximate surface area is 181 Å². The fourth-order valence-corrected chi connectivity index (χ4v) is 3.58. The third kappa shape index (κ3) is 4.26. The summed E-state index contributed by atoms with van der Waals surface area (Å²) in [6.07, 6.45) is 2.99. The van der Waals surface area contributed by atoms with Crippen molar-refractivity contribution in [1.82, 2.24) is 0 Å². The molecule has 3 rings (SSSR count). The number of carboxylic acid groups (broad SMARTS) is 1. The quantitative estimate of drug-likeness (QED) is 0.450. The summed E-state index contributed by atoms with van der Waals surface area (Å²) in [5, 5.41) is 25.2. The molecule has 0 bridgehead atoms. The van der Waals surface area contributed by atoms with Crippen molar-refractivity contribution in [3.63, 3.8) is 0 Å². The van der Waals surface area contributed by atoms with Crippen molar-refractivity contribution < 1.29 is 24.5 Å². The predicted octanol–water partition coefficient (Wildman–Crippen LogP) is 4.29. The van der Waals surface area contributed by atoms with E-state index in [1.54, 1.807) is 30.3 Å². The second-order valence-corrected chi connectivity index (χ2v) is 7.62. The maximum absolute atomic E-state index is 13.1. The zero-order valence-electron chi connectivity index (χ0n) is 15.8. The molecule has 0 aromatic heterocycles. The van der Waals surface area contributed by atoms with Crippen LogP contribution in [-0.4, -0.2) is 34.9 Å². The van der Waals surface area contributed by atoms with Crippen LogP contribution in [-0.2, 0) is 4.79 Å². The number of phenols is 1. The number of rotatable bonds is 6. The number of methoxy groups -OCH3 is 1. The second kappa shape index (κ2) is 8.64. The molecule has 0 atom stereocenters. The van der Waals surface area contributed by atoms with Crippen molar-refractivity contribution in [2.45, 2.75) is 19.8 Å². The summed E-state index contributed by atoms with van der Waals surface area (Å²) in [5.74, 6) is -1.10.